The quantitative estimate of drug-likeness (QED) is 0.685. The fourth-order valence-electron chi connectivity index (χ4n) is 3.52. The Bertz CT molecular complexity index is 927. The van der Waals surface area contributed by atoms with Gasteiger partial charge in [0.15, 0.2) is 0 Å². The normalized spacial score (nSPS) is 18.4. The van der Waals surface area contributed by atoms with Gasteiger partial charge in [0.1, 0.15) is 11.5 Å². The molecule has 1 aliphatic rings. The van der Waals surface area contributed by atoms with Crippen LogP contribution in [-0.2, 0) is 0 Å². The maximum Gasteiger partial charge on any atom is 0.126 e. The molecule has 26 heavy (non-hydrogen) atoms. The highest BCUT2D eigenvalue weighted by atomic mass is 32.1. The number of hydrogen-bond acceptors (Lipinski definition) is 4. The molecule has 4 rings (SSSR count). The number of aliphatic hydroxyl groups is 1. The predicted octanol–water partition coefficient (Wildman–Crippen LogP) is 5.28. The molecule has 4 heteroatoms. The largest absolute Gasteiger partial charge is 0.496 e. The summed E-state index contributed by atoms with van der Waals surface area (Å²) in [6.45, 7) is 0. The van der Waals surface area contributed by atoms with Crippen LogP contribution in [0.5, 0.6) is 11.5 Å². The van der Waals surface area contributed by atoms with Crippen molar-refractivity contribution in [1.29, 1.82) is 0 Å². The molecule has 0 aliphatic heterocycles. The number of ether oxygens (including phenoxy) is 2. The summed E-state index contributed by atoms with van der Waals surface area (Å²) >= 11 is 1.72. The Hall–Kier alpha value is -2.56. The second-order valence-electron chi connectivity index (χ2n) is 6.23. The van der Waals surface area contributed by atoms with Gasteiger partial charge >= 0.3 is 0 Å². The van der Waals surface area contributed by atoms with Crippen LogP contribution in [0.4, 0.5) is 0 Å². The average molecular weight is 364 g/mol. The van der Waals surface area contributed by atoms with Crippen LogP contribution in [0, 0.1) is 0 Å². The topological polar surface area (TPSA) is 38.7 Å². The lowest BCUT2D eigenvalue weighted by molar-refractivity contribution is 0.155. The Kier molecular flexibility index (Phi) is 4.53. The molecule has 1 aliphatic carbocycles. The lowest BCUT2D eigenvalue weighted by atomic mass is 9.81. The maximum atomic E-state index is 11.1. The van der Waals surface area contributed by atoms with Crippen molar-refractivity contribution in [2.45, 2.75) is 12.0 Å². The Balaban J connectivity index is 1.71. The highest BCUT2D eigenvalue weighted by molar-refractivity contribution is 7.13. The summed E-state index contributed by atoms with van der Waals surface area (Å²) in [5.74, 6) is 1.29. The van der Waals surface area contributed by atoms with Gasteiger partial charge in [0.25, 0.3) is 0 Å². The second-order valence-corrected chi connectivity index (χ2v) is 7.17. The van der Waals surface area contributed by atoms with Crippen LogP contribution < -0.4 is 9.47 Å². The van der Waals surface area contributed by atoms with E-state index in [0.717, 1.165) is 22.4 Å². The van der Waals surface area contributed by atoms with Crippen molar-refractivity contribution in [2.75, 3.05) is 14.2 Å². The first kappa shape index (κ1) is 16.9. The number of rotatable bonds is 4. The van der Waals surface area contributed by atoms with E-state index < -0.39 is 6.10 Å². The molecular weight excluding hydrogens is 344 g/mol. The number of thiophene rings is 1. The summed E-state index contributed by atoms with van der Waals surface area (Å²) in [6.07, 6.45) is 3.36. The fourth-order valence-corrected chi connectivity index (χ4v) is 4.25. The molecular formula is C22H20O3S. The predicted molar refractivity (Wildman–Crippen MR) is 106 cm³/mol. The molecule has 0 saturated heterocycles. The van der Waals surface area contributed by atoms with Gasteiger partial charge in [-0.3, -0.25) is 0 Å². The van der Waals surface area contributed by atoms with Crippen molar-refractivity contribution in [3.8, 4) is 21.9 Å². The van der Waals surface area contributed by atoms with Crippen LogP contribution in [0.1, 0.15) is 28.7 Å². The lowest BCUT2D eigenvalue weighted by Crippen LogP contribution is -2.15. The third-order valence-corrected chi connectivity index (χ3v) is 5.77. The van der Waals surface area contributed by atoms with Gasteiger partial charge < -0.3 is 14.6 Å². The molecule has 2 atom stereocenters. The Morgan fingerprint density at radius 3 is 2.31 bits per heavy atom. The summed E-state index contributed by atoms with van der Waals surface area (Å²) < 4.78 is 10.9. The molecule has 1 N–H and O–H groups in total. The van der Waals surface area contributed by atoms with E-state index in [1.807, 2.05) is 24.3 Å². The van der Waals surface area contributed by atoms with E-state index in [2.05, 4.69) is 41.8 Å². The summed E-state index contributed by atoms with van der Waals surface area (Å²) in [4.78, 5) is 1.24. The van der Waals surface area contributed by atoms with Gasteiger partial charge in [0, 0.05) is 21.9 Å². The van der Waals surface area contributed by atoms with Crippen molar-refractivity contribution in [2.24, 2.45) is 0 Å². The molecule has 0 unspecified atom stereocenters. The number of hydrogen-bond donors (Lipinski definition) is 1. The van der Waals surface area contributed by atoms with Gasteiger partial charge in [-0.1, -0.05) is 42.5 Å². The van der Waals surface area contributed by atoms with E-state index in [1.54, 1.807) is 25.6 Å². The molecule has 1 aromatic heterocycles. The van der Waals surface area contributed by atoms with Gasteiger partial charge in [-0.05, 0) is 34.7 Å². The van der Waals surface area contributed by atoms with Crippen molar-refractivity contribution < 1.29 is 14.6 Å². The van der Waals surface area contributed by atoms with Gasteiger partial charge in [0.05, 0.1) is 20.3 Å². The van der Waals surface area contributed by atoms with Crippen LogP contribution in [0.3, 0.4) is 0 Å². The zero-order valence-corrected chi connectivity index (χ0v) is 15.5. The van der Waals surface area contributed by atoms with Crippen LogP contribution in [0.25, 0.3) is 16.5 Å². The number of aliphatic hydroxyl groups excluding tert-OH is 1. The van der Waals surface area contributed by atoms with Crippen LogP contribution in [0.15, 0.2) is 60.0 Å². The molecule has 2 aromatic carbocycles. The van der Waals surface area contributed by atoms with Crippen molar-refractivity contribution in [3.63, 3.8) is 0 Å². The highest BCUT2D eigenvalue weighted by Crippen LogP contribution is 2.46. The first-order valence-corrected chi connectivity index (χ1v) is 9.36. The summed E-state index contributed by atoms with van der Waals surface area (Å²) in [6, 6.07) is 16.3. The molecule has 132 valence electrons. The smallest absolute Gasteiger partial charge is 0.126 e. The zero-order valence-electron chi connectivity index (χ0n) is 14.7. The average Bonchev–Trinajstić information content (AvgIpc) is 3.22. The van der Waals surface area contributed by atoms with Gasteiger partial charge in [-0.2, -0.15) is 0 Å². The van der Waals surface area contributed by atoms with Gasteiger partial charge in [-0.25, -0.2) is 0 Å². The van der Waals surface area contributed by atoms with E-state index in [4.69, 9.17) is 9.47 Å². The van der Waals surface area contributed by atoms with Gasteiger partial charge in [-0.15, -0.1) is 11.3 Å². The van der Waals surface area contributed by atoms with Gasteiger partial charge in [0.2, 0.25) is 0 Å². The molecule has 1 heterocycles. The van der Waals surface area contributed by atoms with Crippen LogP contribution >= 0.6 is 11.3 Å². The standard InChI is InChI=1S/C22H20O3S/c1-24-18-11-12-19(25-2)21-17(18)10-9-16(22(21)23)14-5-7-15(8-6-14)20-4-3-13-26-20/h3-13,16,22-23H,1-2H3/t16-,22+/m1/s1. The monoisotopic (exact) mass is 364 g/mol. The van der Waals surface area contributed by atoms with E-state index in [1.165, 1.54) is 10.4 Å². The SMILES string of the molecule is COc1ccc(OC)c2c1C=C[C@H](c1ccc(-c3cccs3)cc1)[C@@H]2O. The fraction of sp³-hybridized carbons (Fsp3) is 0.182. The minimum absolute atomic E-state index is 0.124. The van der Waals surface area contributed by atoms with E-state index >= 15 is 0 Å². The minimum atomic E-state index is -0.687. The third kappa shape index (κ3) is 2.81. The first-order chi connectivity index (χ1) is 12.7. The summed E-state index contributed by atoms with van der Waals surface area (Å²) in [5.41, 5.74) is 3.93. The summed E-state index contributed by atoms with van der Waals surface area (Å²) in [7, 11) is 3.26. The van der Waals surface area contributed by atoms with E-state index in [0.29, 0.717) is 5.75 Å². The highest BCUT2D eigenvalue weighted by Gasteiger charge is 2.30. The van der Waals surface area contributed by atoms with Crippen LogP contribution in [0.2, 0.25) is 0 Å². The van der Waals surface area contributed by atoms with Crippen LogP contribution in [-0.4, -0.2) is 19.3 Å². The van der Waals surface area contributed by atoms with Crippen molar-refractivity contribution in [1.82, 2.24) is 0 Å². The Morgan fingerprint density at radius 2 is 1.65 bits per heavy atom. The molecule has 0 amide bonds. The molecule has 0 spiro atoms. The van der Waals surface area contributed by atoms with E-state index in [-0.39, 0.29) is 5.92 Å². The second kappa shape index (κ2) is 6.98. The number of methoxy groups -OCH3 is 2. The molecule has 3 aromatic rings. The molecule has 0 bridgehead atoms. The minimum Gasteiger partial charge on any atom is -0.496 e. The molecule has 0 radical (unpaired) electrons. The zero-order chi connectivity index (χ0) is 18.1. The van der Waals surface area contributed by atoms with Crippen molar-refractivity contribution in [3.05, 3.63) is 76.7 Å². The number of benzene rings is 2. The molecule has 0 fully saturated rings. The Morgan fingerprint density at radius 1 is 0.923 bits per heavy atom. The van der Waals surface area contributed by atoms with Crippen molar-refractivity contribution >= 4 is 17.4 Å². The number of fused-ring (bicyclic) bond motifs is 1. The first-order valence-electron chi connectivity index (χ1n) is 8.48. The Labute approximate surface area is 157 Å². The summed E-state index contributed by atoms with van der Waals surface area (Å²) in [5, 5.41) is 13.2. The lowest BCUT2D eigenvalue weighted by Gasteiger charge is -2.28. The molecule has 3 nitrogen and oxygen atoms in total. The molecule has 0 saturated carbocycles. The maximum absolute atomic E-state index is 11.1. The van der Waals surface area contributed by atoms with E-state index in [9.17, 15) is 5.11 Å². The third-order valence-electron chi connectivity index (χ3n) is 4.85.